The predicted molar refractivity (Wildman–Crippen MR) is 92.3 cm³/mol. The van der Waals surface area contributed by atoms with E-state index in [2.05, 4.69) is 4.74 Å². The van der Waals surface area contributed by atoms with Crippen LogP contribution in [0.5, 0.6) is 0 Å². The van der Waals surface area contributed by atoms with Gasteiger partial charge in [-0.15, -0.1) is 22.7 Å². The minimum atomic E-state index is -0.953. The summed E-state index contributed by atoms with van der Waals surface area (Å²) in [5, 5.41) is 28.8. The van der Waals surface area contributed by atoms with Crippen LogP contribution in [-0.4, -0.2) is 24.2 Å². The summed E-state index contributed by atoms with van der Waals surface area (Å²) >= 11 is 2.44. The van der Waals surface area contributed by atoms with Gasteiger partial charge in [-0.2, -0.15) is 10.5 Å². The van der Waals surface area contributed by atoms with Gasteiger partial charge in [-0.1, -0.05) is 7.43 Å². The maximum Gasteiger partial charge on any atom is 0.348 e. The van der Waals surface area contributed by atoms with E-state index in [4.69, 9.17) is 15.6 Å². The van der Waals surface area contributed by atoms with Gasteiger partial charge in [0.1, 0.15) is 9.75 Å². The third-order valence-corrected chi connectivity index (χ3v) is 4.48. The topological polar surface area (TPSA) is 111 Å². The summed E-state index contributed by atoms with van der Waals surface area (Å²) in [6.07, 6.45) is 0.430. The zero-order chi connectivity index (χ0) is 17.2. The Morgan fingerprint density at radius 2 is 1.54 bits per heavy atom. The van der Waals surface area contributed by atoms with Gasteiger partial charge in [0.15, 0.2) is 0 Å². The molecular weight excluding hydrogens is 348 g/mol. The highest BCUT2D eigenvalue weighted by atomic mass is 32.1. The van der Waals surface area contributed by atoms with Crippen LogP contribution in [0.4, 0.5) is 0 Å². The van der Waals surface area contributed by atoms with Crippen LogP contribution in [0, 0.1) is 22.7 Å². The van der Waals surface area contributed by atoms with Gasteiger partial charge in [0.05, 0.1) is 32.1 Å². The maximum absolute atomic E-state index is 11.0. The molecule has 2 aromatic rings. The Morgan fingerprint density at radius 1 is 1.08 bits per heavy atom. The van der Waals surface area contributed by atoms with Crippen molar-refractivity contribution in [1.29, 1.82) is 10.5 Å². The van der Waals surface area contributed by atoms with E-state index in [1.165, 1.54) is 18.4 Å². The number of thiophene rings is 2. The van der Waals surface area contributed by atoms with E-state index in [0.29, 0.717) is 10.4 Å². The number of aromatic carboxylic acids is 1. The first-order chi connectivity index (χ1) is 11.0. The number of hydrogen-bond donors (Lipinski definition) is 1. The van der Waals surface area contributed by atoms with Crippen LogP contribution >= 0.6 is 22.7 Å². The van der Waals surface area contributed by atoms with Crippen LogP contribution in [0.1, 0.15) is 37.9 Å². The largest absolute Gasteiger partial charge is 0.477 e. The fraction of sp³-hybridized carbons (Fsp3) is 0.250. The molecule has 0 spiro atoms. The van der Waals surface area contributed by atoms with Crippen molar-refractivity contribution in [1.82, 2.24) is 0 Å². The fourth-order valence-corrected chi connectivity index (χ4v) is 3.18. The summed E-state index contributed by atoms with van der Waals surface area (Å²) in [7, 11) is 1.33. The zero-order valence-electron chi connectivity index (χ0n) is 12.1. The molecule has 0 fully saturated rings. The molecule has 2 aromatic heterocycles. The molecule has 0 saturated heterocycles. The van der Waals surface area contributed by atoms with Crippen LogP contribution in [0.3, 0.4) is 0 Å². The number of methoxy groups -OCH3 is 1. The van der Waals surface area contributed by atoms with Gasteiger partial charge >= 0.3 is 11.9 Å². The maximum atomic E-state index is 11.0. The summed E-state index contributed by atoms with van der Waals surface area (Å²) < 4.78 is 4.54. The lowest BCUT2D eigenvalue weighted by Gasteiger charge is -1.96. The first kappa shape index (κ1) is 21.3. The Bertz CT molecular complexity index is 766. The lowest BCUT2D eigenvalue weighted by atomic mass is 10.2. The van der Waals surface area contributed by atoms with E-state index in [-0.39, 0.29) is 31.1 Å². The molecule has 126 valence electrons. The van der Waals surface area contributed by atoms with E-state index < -0.39 is 5.97 Å². The molecule has 0 saturated carbocycles. The molecule has 0 atom stereocenters. The van der Waals surface area contributed by atoms with Crippen molar-refractivity contribution in [3.8, 4) is 12.1 Å². The van der Waals surface area contributed by atoms with Gasteiger partial charge in [0, 0.05) is 0 Å². The van der Waals surface area contributed by atoms with E-state index in [0.717, 1.165) is 16.9 Å². The van der Waals surface area contributed by atoms with Crippen LogP contribution in [0.15, 0.2) is 22.9 Å². The molecule has 6 nitrogen and oxygen atoms in total. The van der Waals surface area contributed by atoms with Gasteiger partial charge < -0.3 is 9.84 Å². The monoisotopic (exact) mass is 364 g/mol. The molecule has 0 aliphatic carbocycles. The second kappa shape index (κ2) is 10.9. The summed E-state index contributed by atoms with van der Waals surface area (Å²) in [6.45, 7) is 0. The third kappa shape index (κ3) is 5.84. The average Bonchev–Trinajstić information content (AvgIpc) is 3.17. The number of nitrogens with zero attached hydrogens (tertiary/aromatic N) is 2. The Labute approximate surface area is 148 Å². The van der Waals surface area contributed by atoms with Crippen molar-refractivity contribution in [2.75, 3.05) is 7.11 Å². The minimum absolute atomic E-state index is 0. The molecular formula is C16H16N2O4S2. The fourth-order valence-electron chi connectivity index (χ4n) is 1.58. The van der Waals surface area contributed by atoms with E-state index in [1.807, 2.05) is 12.1 Å². The Balaban J connectivity index is 0.000000425. The standard InChI is InChI=1S/C8H7NO2S.C7H5NO2S.CH4/c1-11-8(10)7-6(2-4-9)3-5-12-7;8-3-1-5-2-4-11-6(5)7(9)10;/h3,5H,2H2,1H3;2,4H,1H2,(H,9,10);1H4. The van der Waals surface area contributed by atoms with Crippen LogP contribution in [0.25, 0.3) is 0 Å². The van der Waals surface area contributed by atoms with Crippen LogP contribution in [-0.2, 0) is 17.6 Å². The predicted octanol–water partition coefficient (Wildman–Crippen LogP) is 3.75. The molecule has 0 unspecified atom stereocenters. The van der Waals surface area contributed by atoms with E-state index in [1.54, 1.807) is 22.9 Å². The van der Waals surface area contributed by atoms with Crippen molar-refractivity contribution in [3.05, 3.63) is 43.8 Å². The molecule has 2 rings (SSSR count). The number of carboxylic acids is 1. The van der Waals surface area contributed by atoms with Gasteiger partial charge in [-0.25, -0.2) is 9.59 Å². The molecule has 8 heteroatoms. The van der Waals surface area contributed by atoms with Gasteiger partial charge in [-0.3, -0.25) is 0 Å². The molecule has 0 aliphatic rings. The number of carbonyl (C=O) groups is 2. The molecule has 1 N–H and O–H groups in total. The summed E-state index contributed by atoms with van der Waals surface area (Å²) in [4.78, 5) is 22.3. The first-order valence-electron chi connectivity index (χ1n) is 6.23. The van der Waals surface area contributed by atoms with Crippen molar-refractivity contribution in [3.63, 3.8) is 0 Å². The van der Waals surface area contributed by atoms with Gasteiger partial charge in [0.2, 0.25) is 0 Å². The highest BCUT2D eigenvalue weighted by Crippen LogP contribution is 2.18. The van der Waals surface area contributed by atoms with Crippen molar-refractivity contribution in [2.24, 2.45) is 0 Å². The molecule has 0 aliphatic heterocycles. The molecule has 0 aromatic carbocycles. The molecule has 0 amide bonds. The highest BCUT2D eigenvalue weighted by Gasteiger charge is 2.12. The number of ether oxygens (including phenoxy) is 1. The molecule has 0 bridgehead atoms. The lowest BCUT2D eigenvalue weighted by molar-refractivity contribution is 0.0604. The Hall–Kier alpha value is -2.68. The van der Waals surface area contributed by atoms with E-state index >= 15 is 0 Å². The second-order valence-corrected chi connectivity index (χ2v) is 5.85. The number of hydrogen-bond acceptors (Lipinski definition) is 7. The number of carboxylic acid groups (broad SMARTS) is 1. The lowest BCUT2D eigenvalue weighted by Crippen LogP contribution is -2.01. The number of esters is 1. The van der Waals surface area contributed by atoms with Gasteiger partial charge in [-0.05, 0) is 34.0 Å². The average molecular weight is 364 g/mol. The third-order valence-electron chi connectivity index (χ3n) is 2.60. The minimum Gasteiger partial charge on any atom is -0.477 e. The Morgan fingerprint density at radius 3 is 1.96 bits per heavy atom. The quantitative estimate of drug-likeness (QED) is 0.827. The SMILES string of the molecule is C.COC(=O)c1sccc1CC#N.N#CCc1ccsc1C(=O)O. The first-order valence-corrected chi connectivity index (χ1v) is 7.99. The van der Waals surface area contributed by atoms with Gasteiger partial charge in [0.25, 0.3) is 0 Å². The van der Waals surface area contributed by atoms with Crippen LogP contribution in [0.2, 0.25) is 0 Å². The van der Waals surface area contributed by atoms with Crippen LogP contribution < -0.4 is 0 Å². The summed E-state index contributed by atoms with van der Waals surface area (Å²) in [6, 6.07) is 7.33. The zero-order valence-corrected chi connectivity index (χ0v) is 13.7. The second-order valence-electron chi connectivity index (χ2n) is 4.02. The van der Waals surface area contributed by atoms with Crippen molar-refractivity contribution >= 4 is 34.6 Å². The number of rotatable bonds is 4. The molecule has 24 heavy (non-hydrogen) atoms. The summed E-state index contributed by atoms with van der Waals surface area (Å²) in [5.74, 6) is -1.32. The highest BCUT2D eigenvalue weighted by molar-refractivity contribution is 7.12. The number of carbonyl (C=O) groups excluding carboxylic acids is 1. The normalized spacial score (nSPS) is 8.62. The Kier molecular flexibility index (Phi) is 9.73. The molecule has 0 radical (unpaired) electrons. The smallest absolute Gasteiger partial charge is 0.348 e. The summed E-state index contributed by atoms with van der Waals surface area (Å²) in [5.41, 5.74) is 1.35. The van der Waals surface area contributed by atoms with E-state index in [9.17, 15) is 9.59 Å². The van der Waals surface area contributed by atoms with Crippen molar-refractivity contribution < 1.29 is 19.4 Å². The van der Waals surface area contributed by atoms with Crippen molar-refractivity contribution in [2.45, 2.75) is 20.3 Å². The number of nitriles is 2. The molecule has 2 heterocycles.